The molecular weight excluding hydrogens is 152 g/mol. The van der Waals surface area contributed by atoms with Crippen LogP contribution in [0.15, 0.2) is 23.8 Å². The van der Waals surface area contributed by atoms with Gasteiger partial charge in [-0.1, -0.05) is 18.2 Å². The Morgan fingerprint density at radius 3 is 2.92 bits per heavy atom. The molecule has 66 valence electrons. The van der Waals surface area contributed by atoms with Crippen molar-refractivity contribution in [1.82, 2.24) is 5.32 Å². The highest BCUT2D eigenvalue weighted by Crippen LogP contribution is 2.11. The van der Waals surface area contributed by atoms with Gasteiger partial charge in [0.25, 0.3) is 0 Å². The molecule has 0 aromatic rings. The van der Waals surface area contributed by atoms with Gasteiger partial charge in [0, 0.05) is 7.05 Å². The van der Waals surface area contributed by atoms with E-state index in [2.05, 4.69) is 5.32 Å². The van der Waals surface area contributed by atoms with E-state index in [1.54, 1.807) is 7.05 Å². The zero-order valence-electron chi connectivity index (χ0n) is 7.21. The van der Waals surface area contributed by atoms with Crippen molar-refractivity contribution in [2.24, 2.45) is 5.73 Å². The number of allylic oxidation sites excluding steroid dienone is 2. The van der Waals surface area contributed by atoms with Gasteiger partial charge in [0.05, 0.1) is 0 Å². The van der Waals surface area contributed by atoms with E-state index in [4.69, 9.17) is 5.73 Å². The monoisotopic (exact) mass is 166 g/mol. The van der Waals surface area contributed by atoms with Gasteiger partial charge in [-0.3, -0.25) is 4.79 Å². The summed E-state index contributed by atoms with van der Waals surface area (Å²) in [5.41, 5.74) is 6.59. The summed E-state index contributed by atoms with van der Waals surface area (Å²) in [5.74, 6) is -0.132. The van der Waals surface area contributed by atoms with E-state index in [1.807, 2.05) is 18.2 Å². The Kier molecular flexibility index (Phi) is 3.05. The predicted molar refractivity (Wildman–Crippen MR) is 48.5 cm³/mol. The minimum absolute atomic E-state index is 0.132. The average Bonchev–Trinajstić information content (AvgIpc) is 2.17. The largest absolute Gasteiger partial charge is 0.358 e. The Labute approximate surface area is 72.3 Å². The molecule has 0 bridgehead atoms. The van der Waals surface area contributed by atoms with Crippen molar-refractivity contribution < 1.29 is 4.79 Å². The maximum atomic E-state index is 11.1. The van der Waals surface area contributed by atoms with Crippen molar-refractivity contribution in [3.05, 3.63) is 23.8 Å². The molecule has 1 aliphatic rings. The predicted octanol–water partition coefficient (Wildman–Crippen LogP) is 0.336. The van der Waals surface area contributed by atoms with Crippen molar-refractivity contribution >= 4 is 5.91 Å². The van der Waals surface area contributed by atoms with E-state index < -0.39 is 6.04 Å². The van der Waals surface area contributed by atoms with Gasteiger partial charge in [-0.15, -0.1) is 0 Å². The third-order valence-electron chi connectivity index (χ3n) is 1.91. The summed E-state index contributed by atoms with van der Waals surface area (Å²) >= 11 is 0. The molecule has 12 heavy (non-hydrogen) atoms. The van der Waals surface area contributed by atoms with Gasteiger partial charge in [0.2, 0.25) is 5.91 Å². The number of hydrogen-bond donors (Lipinski definition) is 2. The fraction of sp³-hybridized carbons (Fsp3) is 0.444. The van der Waals surface area contributed by atoms with Crippen molar-refractivity contribution in [1.29, 1.82) is 0 Å². The van der Waals surface area contributed by atoms with Gasteiger partial charge >= 0.3 is 0 Å². The zero-order chi connectivity index (χ0) is 8.97. The summed E-state index contributed by atoms with van der Waals surface area (Å²) < 4.78 is 0. The molecule has 0 radical (unpaired) electrons. The second-order valence-corrected chi connectivity index (χ2v) is 2.78. The summed E-state index contributed by atoms with van der Waals surface area (Å²) in [4.78, 5) is 11.1. The molecule has 0 saturated heterocycles. The van der Waals surface area contributed by atoms with Crippen LogP contribution < -0.4 is 11.1 Å². The molecule has 1 rings (SSSR count). The van der Waals surface area contributed by atoms with Crippen LogP contribution in [0.25, 0.3) is 0 Å². The van der Waals surface area contributed by atoms with E-state index in [9.17, 15) is 4.79 Å². The second kappa shape index (κ2) is 4.07. The van der Waals surface area contributed by atoms with Crippen LogP contribution in [0.3, 0.4) is 0 Å². The summed E-state index contributed by atoms with van der Waals surface area (Å²) in [7, 11) is 1.59. The van der Waals surface area contributed by atoms with Crippen LogP contribution in [-0.2, 0) is 4.79 Å². The molecule has 3 N–H and O–H groups in total. The lowest BCUT2D eigenvalue weighted by molar-refractivity contribution is -0.121. The number of carbonyl (C=O) groups excluding carboxylic acids is 1. The van der Waals surface area contributed by atoms with Gasteiger partial charge in [-0.25, -0.2) is 0 Å². The summed E-state index contributed by atoms with van der Waals surface area (Å²) in [6.07, 6.45) is 8.00. The van der Waals surface area contributed by atoms with E-state index >= 15 is 0 Å². The number of likely N-dealkylation sites (N-methyl/N-ethyl adjacent to an activating group) is 1. The van der Waals surface area contributed by atoms with Gasteiger partial charge < -0.3 is 11.1 Å². The maximum Gasteiger partial charge on any atom is 0.241 e. The Hall–Kier alpha value is -1.09. The summed E-state index contributed by atoms with van der Waals surface area (Å²) in [6.45, 7) is 0. The molecule has 0 saturated carbocycles. The molecule has 0 fully saturated rings. The first-order chi connectivity index (χ1) is 5.75. The Bertz CT molecular complexity index is 231. The average molecular weight is 166 g/mol. The molecule has 0 heterocycles. The lowest BCUT2D eigenvalue weighted by Crippen LogP contribution is -2.39. The van der Waals surface area contributed by atoms with E-state index in [0.717, 1.165) is 18.4 Å². The standard InChI is InChI=1S/C9H14N2O/c1-11-9(12)8(10)7-5-3-2-4-6-7/h3,5-6,8H,2,4,10H2,1H3,(H,11,12)/t8-/m1/s1. The van der Waals surface area contributed by atoms with Gasteiger partial charge in [-0.05, 0) is 18.4 Å². The number of rotatable bonds is 2. The Balaban J connectivity index is 2.63. The van der Waals surface area contributed by atoms with Crippen molar-refractivity contribution in [2.75, 3.05) is 7.05 Å². The highest BCUT2D eigenvalue weighted by Gasteiger charge is 2.15. The van der Waals surface area contributed by atoms with Crippen LogP contribution in [-0.4, -0.2) is 19.0 Å². The molecule has 1 atom stereocenters. The second-order valence-electron chi connectivity index (χ2n) is 2.78. The van der Waals surface area contributed by atoms with Crippen LogP contribution in [0.4, 0.5) is 0 Å². The molecule has 3 heteroatoms. The minimum Gasteiger partial charge on any atom is -0.358 e. The topological polar surface area (TPSA) is 55.1 Å². The molecule has 0 aromatic carbocycles. The third kappa shape index (κ3) is 1.95. The van der Waals surface area contributed by atoms with Crippen LogP contribution in [0, 0.1) is 0 Å². The highest BCUT2D eigenvalue weighted by atomic mass is 16.2. The third-order valence-corrected chi connectivity index (χ3v) is 1.91. The van der Waals surface area contributed by atoms with Crippen LogP contribution in [0.5, 0.6) is 0 Å². The lowest BCUT2D eigenvalue weighted by atomic mass is 10.0. The van der Waals surface area contributed by atoms with E-state index in [0.29, 0.717) is 0 Å². The molecule has 0 spiro atoms. The SMILES string of the molecule is CNC(=O)[C@H](N)C1=CCCC=C1. The van der Waals surface area contributed by atoms with Gasteiger partial charge in [-0.2, -0.15) is 0 Å². The van der Waals surface area contributed by atoms with Gasteiger partial charge in [0.15, 0.2) is 0 Å². The fourth-order valence-corrected chi connectivity index (χ4v) is 1.17. The molecule has 0 aliphatic heterocycles. The number of hydrogen-bond acceptors (Lipinski definition) is 2. The van der Waals surface area contributed by atoms with Crippen molar-refractivity contribution in [2.45, 2.75) is 18.9 Å². The minimum atomic E-state index is -0.508. The molecule has 0 aromatic heterocycles. The number of carbonyl (C=O) groups is 1. The normalized spacial score (nSPS) is 18.3. The number of amides is 1. The van der Waals surface area contributed by atoms with Crippen LogP contribution in [0.2, 0.25) is 0 Å². The van der Waals surface area contributed by atoms with Crippen molar-refractivity contribution in [3.8, 4) is 0 Å². The number of nitrogens with two attached hydrogens (primary N) is 1. The maximum absolute atomic E-state index is 11.1. The summed E-state index contributed by atoms with van der Waals surface area (Å²) in [6, 6.07) is -0.508. The first kappa shape index (κ1) is 9.00. The zero-order valence-corrected chi connectivity index (χ0v) is 7.21. The first-order valence-corrected chi connectivity index (χ1v) is 4.09. The van der Waals surface area contributed by atoms with E-state index in [-0.39, 0.29) is 5.91 Å². The van der Waals surface area contributed by atoms with Crippen LogP contribution >= 0.6 is 0 Å². The molecule has 0 unspecified atom stereocenters. The smallest absolute Gasteiger partial charge is 0.241 e. The highest BCUT2D eigenvalue weighted by molar-refractivity contribution is 5.85. The quantitative estimate of drug-likeness (QED) is 0.621. The molecule has 1 aliphatic carbocycles. The Morgan fingerprint density at radius 1 is 1.67 bits per heavy atom. The Morgan fingerprint density at radius 2 is 2.42 bits per heavy atom. The first-order valence-electron chi connectivity index (χ1n) is 4.09. The van der Waals surface area contributed by atoms with E-state index in [1.165, 1.54) is 0 Å². The summed E-state index contributed by atoms with van der Waals surface area (Å²) in [5, 5.41) is 2.52. The molecule has 3 nitrogen and oxygen atoms in total. The molecular formula is C9H14N2O. The van der Waals surface area contributed by atoms with Gasteiger partial charge in [0.1, 0.15) is 6.04 Å². The van der Waals surface area contributed by atoms with Crippen molar-refractivity contribution in [3.63, 3.8) is 0 Å². The fourth-order valence-electron chi connectivity index (χ4n) is 1.17. The molecule has 1 amide bonds. The number of nitrogens with one attached hydrogen (secondary N) is 1. The lowest BCUT2D eigenvalue weighted by Gasteiger charge is -2.13. The van der Waals surface area contributed by atoms with Crippen LogP contribution in [0.1, 0.15) is 12.8 Å².